The lowest BCUT2D eigenvalue weighted by Gasteiger charge is -2.23. The fourth-order valence-corrected chi connectivity index (χ4v) is 4.01. The molecule has 1 atom stereocenters. The molecule has 202 valence electrons. The van der Waals surface area contributed by atoms with Gasteiger partial charge < -0.3 is 24.8 Å². The number of ether oxygens (including phenoxy) is 2. The van der Waals surface area contributed by atoms with Crippen LogP contribution in [0.2, 0.25) is 5.02 Å². The smallest absolute Gasteiger partial charge is 0.333 e. The number of urea groups is 1. The van der Waals surface area contributed by atoms with E-state index in [1.807, 2.05) is 0 Å². The molecule has 0 bridgehead atoms. The summed E-state index contributed by atoms with van der Waals surface area (Å²) in [5.41, 5.74) is 2.33. The quantitative estimate of drug-likeness (QED) is 0.259. The van der Waals surface area contributed by atoms with Gasteiger partial charge in [0.15, 0.2) is 6.10 Å². The first-order valence-electron chi connectivity index (χ1n) is 12.5. The number of carbonyl (C=O) groups is 2. The van der Waals surface area contributed by atoms with Gasteiger partial charge in [-0.1, -0.05) is 48.0 Å². The Bertz CT molecular complexity index is 1170. The van der Waals surface area contributed by atoms with Crippen LogP contribution in [0, 0.1) is 5.82 Å². The number of carbonyl (C=O) groups excluding carboxylic acids is 1. The normalized spacial score (nSPS) is 11.6. The Morgan fingerprint density at radius 1 is 1.00 bits per heavy atom. The highest BCUT2D eigenvalue weighted by Gasteiger charge is 2.18. The number of anilines is 1. The molecule has 0 aliphatic heterocycles. The zero-order chi connectivity index (χ0) is 27.3. The second-order valence-corrected chi connectivity index (χ2v) is 9.01. The first-order valence-corrected chi connectivity index (χ1v) is 12.8. The van der Waals surface area contributed by atoms with E-state index in [0.29, 0.717) is 49.0 Å². The third-order valence-electron chi connectivity index (χ3n) is 5.83. The Morgan fingerprint density at radius 2 is 1.68 bits per heavy atom. The Hall–Kier alpha value is -3.62. The molecule has 0 aliphatic carbocycles. The van der Waals surface area contributed by atoms with E-state index in [-0.39, 0.29) is 24.9 Å². The van der Waals surface area contributed by atoms with Crippen LogP contribution in [0.1, 0.15) is 24.5 Å². The number of hydrogen-bond acceptors (Lipinski definition) is 4. The van der Waals surface area contributed by atoms with Crippen LogP contribution in [-0.4, -0.2) is 54.4 Å². The Morgan fingerprint density at radius 3 is 2.34 bits per heavy atom. The van der Waals surface area contributed by atoms with Crippen molar-refractivity contribution in [1.29, 1.82) is 0 Å². The summed E-state index contributed by atoms with van der Waals surface area (Å²) < 4.78 is 24.3. The molecule has 0 saturated carbocycles. The van der Waals surface area contributed by atoms with Gasteiger partial charge in [-0.3, -0.25) is 0 Å². The second-order valence-electron chi connectivity index (χ2n) is 8.61. The van der Waals surface area contributed by atoms with Gasteiger partial charge in [0.05, 0.1) is 17.3 Å². The summed E-state index contributed by atoms with van der Waals surface area (Å²) in [7, 11) is 0. The maximum atomic E-state index is 13.2. The molecule has 0 aliphatic rings. The third-order valence-corrected chi connectivity index (χ3v) is 6.16. The van der Waals surface area contributed by atoms with E-state index >= 15 is 0 Å². The van der Waals surface area contributed by atoms with Crippen molar-refractivity contribution < 1.29 is 28.6 Å². The molecule has 1 unspecified atom stereocenters. The fraction of sp³-hybridized carbons (Fsp3) is 0.310. The molecule has 7 nitrogen and oxygen atoms in total. The largest absolute Gasteiger partial charge is 0.492 e. The SMILES string of the molecule is CCOC(Cc1ccc(OCCN(CCCc2ccc(F)cc2)C(=O)Nc2ccccc2Cl)cc1)C(=O)O. The van der Waals surface area contributed by atoms with E-state index in [4.69, 9.17) is 21.1 Å². The van der Waals surface area contributed by atoms with Gasteiger partial charge >= 0.3 is 12.0 Å². The molecular formula is C29H32ClFN2O5. The van der Waals surface area contributed by atoms with Crippen LogP contribution in [0.15, 0.2) is 72.8 Å². The van der Waals surface area contributed by atoms with Crippen molar-refractivity contribution in [1.82, 2.24) is 4.90 Å². The van der Waals surface area contributed by atoms with Crippen LogP contribution in [0.4, 0.5) is 14.9 Å². The summed E-state index contributed by atoms with van der Waals surface area (Å²) in [5.74, 6) is -0.674. The summed E-state index contributed by atoms with van der Waals surface area (Å²) in [4.78, 5) is 26.0. The Kier molecular flexibility index (Phi) is 11.4. The zero-order valence-electron chi connectivity index (χ0n) is 21.2. The Labute approximate surface area is 227 Å². The van der Waals surface area contributed by atoms with Crippen LogP contribution in [-0.2, 0) is 22.4 Å². The molecule has 0 radical (unpaired) electrons. The highest BCUT2D eigenvalue weighted by molar-refractivity contribution is 6.33. The minimum absolute atomic E-state index is 0.253. The molecule has 2 amide bonds. The molecule has 38 heavy (non-hydrogen) atoms. The topological polar surface area (TPSA) is 88.1 Å². The molecule has 3 rings (SSSR count). The van der Waals surface area contributed by atoms with Gasteiger partial charge in [-0.15, -0.1) is 0 Å². The number of nitrogens with zero attached hydrogens (tertiary/aromatic N) is 1. The molecule has 0 fully saturated rings. The van der Waals surface area contributed by atoms with E-state index in [2.05, 4.69) is 5.32 Å². The van der Waals surface area contributed by atoms with E-state index in [9.17, 15) is 19.1 Å². The van der Waals surface area contributed by atoms with Gasteiger partial charge in [0, 0.05) is 19.6 Å². The number of nitrogens with one attached hydrogen (secondary N) is 1. The second kappa shape index (κ2) is 15.0. The standard InChI is InChI=1S/C29H32ClFN2O5/c1-2-37-27(28(34)35)20-22-11-15-24(16-12-22)38-19-18-33(17-5-6-21-9-13-23(31)14-10-21)29(36)32-26-8-4-3-7-25(26)30/h3-4,7-16,27H,2,5-6,17-20H2,1H3,(H,32,36)(H,34,35). The average molecular weight is 543 g/mol. The Balaban J connectivity index is 1.57. The van der Waals surface area contributed by atoms with E-state index in [0.717, 1.165) is 11.1 Å². The van der Waals surface area contributed by atoms with Crippen molar-refractivity contribution in [3.8, 4) is 5.75 Å². The van der Waals surface area contributed by atoms with Gasteiger partial charge in [0.2, 0.25) is 0 Å². The molecule has 3 aromatic rings. The number of carboxylic acid groups (broad SMARTS) is 1. The van der Waals surface area contributed by atoms with Crippen molar-refractivity contribution in [2.45, 2.75) is 32.3 Å². The lowest BCUT2D eigenvalue weighted by Crippen LogP contribution is -2.38. The van der Waals surface area contributed by atoms with Crippen LogP contribution < -0.4 is 10.1 Å². The van der Waals surface area contributed by atoms with Gasteiger partial charge in [0.25, 0.3) is 0 Å². The van der Waals surface area contributed by atoms with E-state index in [1.54, 1.807) is 72.5 Å². The lowest BCUT2D eigenvalue weighted by atomic mass is 10.1. The van der Waals surface area contributed by atoms with Gasteiger partial charge in [-0.25, -0.2) is 14.0 Å². The fourth-order valence-electron chi connectivity index (χ4n) is 3.83. The number of halogens is 2. The van der Waals surface area contributed by atoms with Crippen molar-refractivity contribution in [3.63, 3.8) is 0 Å². The van der Waals surface area contributed by atoms with Gasteiger partial charge in [-0.2, -0.15) is 0 Å². The number of benzene rings is 3. The summed E-state index contributed by atoms with van der Waals surface area (Å²) in [6, 6.07) is 20.2. The maximum absolute atomic E-state index is 13.2. The predicted molar refractivity (Wildman–Crippen MR) is 145 cm³/mol. The van der Waals surface area contributed by atoms with Crippen molar-refractivity contribution >= 4 is 29.3 Å². The van der Waals surface area contributed by atoms with Crippen LogP contribution in [0.5, 0.6) is 5.75 Å². The number of amides is 2. The van der Waals surface area contributed by atoms with Crippen molar-refractivity contribution in [2.24, 2.45) is 0 Å². The highest BCUT2D eigenvalue weighted by atomic mass is 35.5. The highest BCUT2D eigenvalue weighted by Crippen LogP contribution is 2.21. The third kappa shape index (κ3) is 9.36. The minimum Gasteiger partial charge on any atom is -0.492 e. The first-order chi connectivity index (χ1) is 18.4. The molecule has 0 aromatic heterocycles. The molecule has 9 heteroatoms. The number of carboxylic acids is 1. The molecule has 0 spiro atoms. The number of hydrogen-bond donors (Lipinski definition) is 2. The van der Waals surface area contributed by atoms with Gasteiger partial charge in [0.1, 0.15) is 18.2 Å². The van der Waals surface area contributed by atoms with Crippen LogP contribution >= 0.6 is 11.6 Å². The monoisotopic (exact) mass is 542 g/mol. The number of aryl methyl sites for hydroxylation is 1. The number of aliphatic carboxylic acids is 1. The summed E-state index contributed by atoms with van der Waals surface area (Å²) >= 11 is 6.20. The molecule has 3 aromatic carbocycles. The van der Waals surface area contributed by atoms with Crippen molar-refractivity contribution in [2.75, 3.05) is 31.6 Å². The maximum Gasteiger partial charge on any atom is 0.333 e. The summed E-state index contributed by atoms with van der Waals surface area (Å²) in [5, 5.41) is 12.6. The van der Waals surface area contributed by atoms with Crippen LogP contribution in [0.3, 0.4) is 0 Å². The predicted octanol–water partition coefficient (Wildman–Crippen LogP) is 6.06. The summed E-state index contributed by atoms with van der Waals surface area (Å²) in [6.45, 7) is 3.12. The average Bonchev–Trinajstić information content (AvgIpc) is 2.90. The van der Waals surface area contributed by atoms with Crippen LogP contribution in [0.25, 0.3) is 0 Å². The molecular weight excluding hydrogens is 511 g/mol. The molecule has 2 N–H and O–H groups in total. The lowest BCUT2D eigenvalue weighted by molar-refractivity contribution is -0.149. The number of rotatable bonds is 14. The molecule has 0 heterocycles. The zero-order valence-corrected chi connectivity index (χ0v) is 22.0. The van der Waals surface area contributed by atoms with Crippen molar-refractivity contribution in [3.05, 3.63) is 94.8 Å². The minimum atomic E-state index is -0.998. The van der Waals surface area contributed by atoms with E-state index < -0.39 is 12.1 Å². The summed E-state index contributed by atoms with van der Waals surface area (Å²) in [6.07, 6.45) is 0.734. The number of para-hydroxylation sites is 1. The molecule has 0 saturated heterocycles. The van der Waals surface area contributed by atoms with Gasteiger partial charge in [-0.05, 0) is 67.3 Å². The first kappa shape index (κ1) is 28.9. The van der Waals surface area contributed by atoms with E-state index in [1.165, 1.54) is 12.1 Å².